The van der Waals surface area contributed by atoms with Crippen LogP contribution in [0.4, 0.5) is 8.78 Å². The molecule has 0 spiro atoms. The number of hydrogen-bond acceptors (Lipinski definition) is 2. The zero-order valence-electron chi connectivity index (χ0n) is 10.7. The molecule has 0 radical (unpaired) electrons. The first kappa shape index (κ1) is 13.5. The SMILES string of the molecule is CC1CN(C(N)=NCC2CCCC2(F)F)CCO1. The maximum absolute atomic E-state index is 13.4. The lowest BCUT2D eigenvalue weighted by molar-refractivity contribution is -0.0332. The van der Waals surface area contributed by atoms with Crippen LogP contribution in [-0.2, 0) is 4.74 Å². The molecule has 2 rings (SSSR count). The summed E-state index contributed by atoms with van der Waals surface area (Å²) in [6.45, 7) is 4.06. The zero-order valence-corrected chi connectivity index (χ0v) is 10.7. The highest BCUT2D eigenvalue weighted by Gasteiger charge is 2.43. The van der Waals surface area contributed by atoms with E-state index in [0.29, 0.717) is 38.5 Å². The Kier molecular flexibility index (Phi) is 4.04. The maximum Gasteiger partial charge on any atom is 0.252 e. The van der Waals surface area contributed by atoms with Crippen LogP contribution in [-0.4, -0.2) is 49.1 Å². The third-order valence-electron chi connectivity index (χ3n) is 3.70. The third-order valence-corrected chi connectivity index (χ3v) is 3.70. The van der Waals surface area contributed by atoms with Gasteiger partial charge in [0, 0.05) is 25.4 Å². The molecule has 2 N–H and O–H groups in total. The zero-order chi connectivity index (χ0) is 13.2. The Morgan fingerprint density at radius 2 is 2.33 bits per heavy atom. The second-order valence-corrected chi connectivity index (χ2v) is 5.18. The number of rotatable bonds is 2. The van der Waals surface area contributed by atoms with E-state index in [1.54, 1.807) is 0 Å². The fraction of sp³-hybridized carbons (Fsp3) is 0.917. The van der Waals surface area contributed by atoms with Crippen LogP contribution in [0.2, 0.25) is 0 Å². The number of guanidine groups is 1. The van der Waals surface area contributed by atoms with Gasteiger partial charge in [-0.2, -0.15) is 0 Å². The van der Waals surface area contributed by atoms with Gasteiger partial charge in [-0.25, -0.2) is 8.78 Å². The molecule has 18 heavy (non-hydrogen) atoms. The van der Waals surface area contributed by atoms with Crippen molar-refractivity contribution in [3.63, 3.8) is 0 Å². The minimum atomic E-state index is -2.57. The minimum absolute atomic E-state index is 0.0122. The molecule has 1 saturated carbocycles. The predicted octanol–water partition coefficient (Wildman–Crippen LogP) is 1.46. The molecule has 2 unspecified atom stereocenters. The van der Waals surface area contributed by atoms with Crippen LogP contribution in [0, 0.1) is 5.92 Å². The Hall–Kier alpha value is -0.910. The van der Waals surface area contributed by atoms with Gasteiger partial charge in [-0.3, -0.25) is 4.99 Å². The summed E-state index contributed by atoms with van der Waals surface area (Å²) in [5.74, 6) is -2.84. The topological polar surface area (TPSA) is 50.8 Å². The third kappa shape index (κ3) is 3.10. The van der Waals surface area contributed by atoms with E-state index in [9.17, 15) is 8.78 Å². The first-order valence-electron chi connectivity index (χ1n) is 6.53. The normalized spacial score (nSPS) is 32.8. The van der Waals surface area contributed by atoms with Crippen molar-refractivity contribution in [1.82, 2.24) is 4.90 Å². The average molecular weight is 261 g/mol. The largest absolute Gasteiger partial charge is 0.375 e. The first-order valence-corrected chi connectivity index (χ1v) is 6.53. The van der Waals surface area contributed by atoms with E-state index in [1.807, 2.05) is 11.8 Å². The van der Waals surface area contributed by atoms with Gasteiger partial charge in [-0.1, -0.05) is 0 Å². The van der Waals surface area contributed by atoms with Crippen LogP contribution in [0.5, 0.6) is 0 Å². The van der Waals surface area contributed by atoms with Crippen LogP contribution in [0.3, 0.4) is 0 Å². The van der Waals surface area contributed by atoms with Crippen LogP contribution >= 0.6 is 0 Å². The number of aliphatic imine (C=N–C) groups is 1. The fourth-order valence-electron chi connectivity index (χ4n) is 2.55. The van der Waals surface area contributed by atoms with Gasteiger partial charge in [0.2, 0.25) is 0 Å². The summed E-state index contributed by atoms with van der Waals surface area (Å²) < 4.78 is 32.2. The summed E-state index contributed by atoms with van der Waals surface area (Å²) in [4.78, 5) is 6.05. The summed E-state index contributed by atoms with van der Waals surface area (Å²) in [5.41, 5.74) is 5.85. The number of halogens is 2. The fourth-order valence-corrected chi connectivity index (χ4v) is 2.55. The molecule has 2 aliphatic rings. The van der Waals surface area contributed by atoms with E-state index in [2.05, 4.69) is 4.99 Å². The second-order valence-electron chi connectivity index (χ2n) is 5.18. The Balaban J connectivity index is 1.88. The van der Waals surface area contributed by atoms with E-state index in [0.717, 1.165) is 0 Å². The molecule has 1 saturated heterocycles. The average Bonchev–Trinajstić information content (AvgIpc) is 2.65. The molecule has 2 atom stereocenters. The predicted molar refractivity (Wildman–Crippen MR) is 65.8 cm³/mol. The Morgan fingerprint density at radius 1 is 1.56 bits per heavy atom. The highest BCUT2D eigenvalue weighted by Crippen LogP contribution is 2.40. The Morgan fingerprint density at radius 3 is 2.94 bits per heavy atom. The molecule has 4 nitrogen and oxygen atoms in total. The quantitative estimate of drug-likeness (QED) is 0.605. The molecule has 0 bridgehead atoms. The lowest BCUT2D eigenvalue weighted by atomic mass is 10.1. The van der Waals surface area contributed by atoms with Crippen molar-refractivity contribution in [2.75, 3.05) is 26.2 Å². The van der Waals surface area contributed by atoms with Crippen LogP contribution in [0.1, 0.15) is 26.2 Å². The van der Waals surface area contributed by atoms with Crippen LogP contribution in [0.25, 0.3) is 0 Å². The highest BCUT2D eigenvalue weighted by molar-refractivity contribution is 5.78. The molecule has 0 aromatic heterocycles. The van der Waals surface area contributed by atoms with Gasteiger partial charge in [-0.05, 0) is 19.8 Å². The molecule has 0 aromatic carbocycles. The number of hydrogen-bond donors (Lipinski definition) is 1. The van der Waals surface area contributed by atoms with Crippen molar-refractivity contribution < 1.29 is 13.5 Å². The standard InChI is InChI=1S/C12H21F2N3O/c1-9-8-17(5-6-18-9)11(15)16-7-10-3-2-4-12(10,13)14/h9-10H,2-8H2,1H3,(H2,15,16). The number of alkyl halides is 2. The molecular formula is C12H21F2N3O. The molecule has 6 heteroatoms. The summed E-state index contributed by atoms with van der Waals surface area (Å²) in [6, 6.07) is 0. The van der Waals surface area contributed by atoms with Gasteiger partial charge < -0.3 is 15.4 Å². The van der Waals surface area contributed by atoms with Crippen molar-refractivity contribution in [2.24, 2.45) is 16.6 Å². The smallest absolute Gasteiger partial charge is 0.252 e. The van der Waals surface area contributed by atoms with Crippen molar-refractivity contribution >= 4 is 5.96 Å². The van der Waals surface area contributed by atoms with Gasteiger partial charge in [0.1, 0.15) is 0 Å². The van der Waals surface area contributed by atoms with E-state index in [-0.39, 0.29) is 19.1 Å². The number of morpholine rings is 1. The second kappa shape index (κ2) is 5.38. The molecule has 0 amide bonds. The summed E-state index contributed by atoms with van der Waals surface area (Å²) in [6.07, 6.45) is 1.23. The molecule has 1 aliphatic heterocycles. The number of nitrogens with zero attached hydrogens (tertiary/aromatic N) is 2. The van der Waals surface area contributed by atoms with Crippen molar-refractivity contribution in [2.45, 2.75) is 38.2 Å². The van der Waals surface area contributed by atoms with Crippen LogP contribution < -0.4 is 5.73 Å². The van der Waals surface area contributed by atoms with Gasteiger partial charge in [0.25, 0.3) is 5.92 Å². The van der Waals surface area contributed by atoms with Crippen molar-refractivity contribution in [1.29, 1.82) is 0 Å². The van der Waals surface area contributed by atoms with Crippen LogP contribution in [0.15, 0.2) is 4.99 Å². The molecule has 0 aromatic rings. The highest BCUT2D eigenvalue weighted by atomic mass is 19.3. The van der Waals surface area contributed by atoms with Gasteiger partial charge in [0.15, 0.2) is 5.96 Å². The Bertz CT molecular complexity index is 322. The maximum atomic E-state index is 13.4. The van der Waals surface area contributed by atoms with Crippen molar-refractivity contribution in [3.8, 4) is 0 Å². The number of nitrogens with two attached hydrogens (primary N) is 1. The van der Waals surface area contributed by atoms with Crippen molar-refractivity contribution in [3.05, 3.63) is 0 Å². The van der Waals surface area contributed by atoms with E-state index < -0.39 is 11.8 Å². The molecule has 1 aliphatic carbocycles. The monoisotopic (exact) mass is 261 g/mol. The van der Waals surface area contributed by atoms with Gasteiger partial charge >= 0.3 is 0 Å². The van der Waals surface area contributed by atoms with Gasteiger partial charge in [-0.15, -0.1) is 0 Å². The summed E-state index contributed by atoms with van der Waals surface area (Å²) in [5, 5.41) is 0. The van der Waals surface area contributed by atoms with E-state index >= 15 is 0 Å². The lowest BCUT2D eigenvalue weighted by Crippen LogP contribution is -2.48. The molecular weight excluding hydrogens is 240 g/mol. The molecule has 104 valence electrons. The lowest BCUT2D eigenvalue weighted by Gasteiger charge is -2.32. The van der Waals surface area contributed by atoms with Gasteiger partial charge in [0.05, 0.1) is 19.3 Å². The number of ether oxygens (including phenoxy) is 1. The molecule has 1 heterocycles. The Labute approximate surface area is 106 Å². The summed E-state index contributed by atoms with van der Waals surface area (Å²) >= 11 is 0. The van der Waals surface area contributed by atoms with E-state index in [1.165, 1.54) is 0 Å². The van der Waals surface area contributed by atoms with E-state index in [4.69, 9.17) is 10.5 Å². The minimum Gasteiger partial charge on any atom is -0.375 e. The molecule has 2 fully saturated rings. The summed E-state index contributed by atoms with van der Waals surface area (Å²) in [7, 11) is 0. The first-order chi connectivity index (χ1) is 8.49.